The second-order valence-electron chi connectivity index (χ2n) is 7.78. The number of halogens is 4. The molecule has 5 nitrogen and oxygen atoms in total. The van der Waals surface area contributed by atoms with Gasteiger partial charge in [-0.25, -0.2) is 9.97 Å². The van der Waals surface area contributed by atoms with Gasteiger partial charge in [0.15, 0.2) is 0 Å². The molecule has 0 unspecified atom stereocenters. The van der Waals surface area contributed by atoms with Gasteiger partial charge >= 0.3 is 6.18 Å². The van der Waals surface area contributed by atoms with E-state index in [1.165, 1.54) is 11.3 Å². The Labute approximate surface area is 196 Å². The fourth-order valence-electron chi connectivity index (χ4n) is 3.82. The van der Waals surface area contributed by atoms with Crippen LogP contribution in [0.1, 0.15) is 23.1 Å². The van der Waals surface area contributed by atoms with Crippen LogP contribution in [-0.4, -0.2) is 34.2 Å². The maximum Gasteiger partial charge on any atom is 0.420 e. The van der Waals surface area contributed by atoms with Crippen molar-refractivity contribution in [2.24, 2.45) is 0 Å². The number of benzene rings is 1. The summed E-state index contributed by atoms with van der Waals surface area (Å²) in [5.41, 5.74) is 1.85. The molecule has 3 aromatic rings. The van der Waals surface area contributed by atoms with Crippen molar-refractivity contribution in [3.63, 3.8) is 0 Å². The summed E-state index contributed by atoms with van der Waals surface area (Å²) in [5.74, 6) is 0.996. The first-order valence-corrected chi connectivity index (χ1v) is 12.2. The molecule has 0 spiro atoms. The normalized spacial score (nSPS) is 16.3. The number of anilines is 3. The zero-order valence-corrected chi connectivity index (χ0v) is 19.4. The Morgan fingerprint density at radius 2 is 1.97 bits per heavy atom. The van der Waals surface area contributed by atoms with Crippen molar-refractivity contribution < 1.29 is 13.2 Å². The highest BCUT2D eigenvalue weighted by Gasteiger charge is 2.36. The van der Waals surface area contributed by atoms with Crippen LogP contribution in [0, 0.1) is 0 Å². The summed E-state index contributed by atoms with van der Waals surface area (Å²) in [6.45, 7) is 2.39. The van der Waals surface area contributed by atoms with Crippen LogP contribution in [0.15, 0.2) is 29.3 Å². The molecule has 4 heterocycles. The molecule has 5 rings (SSSR count). The van der Waals surface area contributed by atoms with Gasteiger partial charge in [-0.1, -0.05) is 11.6 Å². The summed E-state index contributed by atoms with van der Waals surface area (Å²) in [6.07, 6.45) is -2.72. The van der Waals surface area contributed by atoms with Gasteiger partial charge in [0.2, 0.25) is 5.95 Å². The number of alkyl halides is 3. The second kappa shape index (κ2) is 8.40. The summed E-state index contributed by atoms with van der Waals surface area (Å²) < 4.78 is 41.2. The van der Waals surface area contributed by atoms with Crippen molar-refractivity contribution in [3.05, 3.63) is 46.1 Å². The van der Waals surface area contributed by atoms with Gasteiger partial charge in [0.1, 0.15) is 10.6 Å². The van der Waals surface area contributed by atoms with E-state index in [9.17, 15) is 13.2 Å². The first-order valence-electron chi connectivity index (χ1n) is 10.00. The Morgan fingerprint density at radius 1 is 1.19 bits per heavy atom. The van der Waals surface area contributed by atoms with E-state index in [0.29, 0.717) is 15.6 Å². The Morgan fingerprint density at radius 3 is 2.75 bits per heavy atom. The summed E-state index contributed by atoms with van der Waals surface area (Å²) in [5, 5.41) is 7.68. The molecule has 0 saturated carbocycles. The van der Waals surface area contributed by atoms with Gasteiger partial charge in [-0.05, 0) is 48.5 Å². The molecule has 0 bridgehead atoms. The van der Waals surface area contributed by atoms with E-state index in [-0.39, 0.29) is 11.6 Å². The van der Waals surface area contributed by atoms with Crippen LogP contribution >= 0.6 is 34.7 Å². The number of thiophene rings is 1. The molecule has 32 heavy (non-hydrogen) atoms. The maximum absolute atomic E-state index is 13.7. The van der Waals surface area contributed by atoms with Crippen LogP contribution in [0.2, 0.25) is 5.02 Å². The van der Waals surface area contributed by atoms with E-state index in [4.69, 9.17) is 11.6 Å². The predicted octanol–water partition coefficient (Wildman–Crippen LogP) is 6.47. The highest BCUT2D eigenvalue weighted by molar-refractivity contribution is 7.99. The quantitative estimate of drug-likeness (QED) is 0.432. The van der Waals surface area contributed by atoms with E-state index in [0.717, 1.165) is 59.0 Å². The lowest BCUT2D eigenvalue weighted by atomic mass is 10.1. The van der Waals surface area contributed by atoms with Gasteiger partial charge in [-0.15, -0.1) is 23.1 Å². The Kier molecular flexibility index (Phi) is 5.73. The number of rotatable bonds is 3. The average Bonchev–Trinajstić information content (AvgIpc) is 3.22. The van der Waals surface area contributed by atoms with Gasteiger partial charge in [-0.3, -0.25) is 4.90 Å². The Bertz CT molecular complexity index is 1160. The third-order valence-corrected chi connectivity index (χ3v) is 7.97. The molecule has 2 aliphatic heterocycles. The summed E-state index contributed by atoms with van der Waals surface area (Å²) in [7, 11) is 2.02. The topological polar surface area (TPSA) is 53.1 Å². The van der Waals surface area contributed by atoms with Gasteiger partial charge in [-0.2, -0.15) is 13.2 Å². The molecule has 2 N–H and O–H groups in total. The van der Waals surface area contributed by atoms with Crippen molar-refractivity contribution >= 4 is 51.3 Å². The Hall–Kier alpha value is -2.01. The minimum atomic E-state index is -4.56. The lowest BCUT2D eigenvalue weighted by molar-refractivity contribution is -0.137. The first kappa shape index (κ1) is 21.8. The molecule has 2 aromatic heterocycles. The lowest BCUT2D eigenvalue weighted by Gasteiger charge is -2.14. The predicted molar refractivity (Wildman–Crippen MR) is 124 cm³/mol. The molecule has 11 heteroatoms. The van der Waals surface area contributed by atoms with Crippen LogP contribution in [0.25, 0.3) is 10.6 Å². The third kappa shape index (κ3) is 4.28. The van der Waals surface area contributed by atoms with E-state index < -0.39 is 11.7 Å². The maximum atomic E-state index is 13.7. The van der Waals surface area contributed by atoms with Crippen molar-refractivity contribution in [2.75, 3.05) is 30.0 Å². The molecule has 0 atom stereocenters. The molecule has 2 aliphatic rings. The molecule has 0 saturated heterocycles. The second-order valence-corrected chi connectivity index (χ2v) is 10.4. The highest BCUT2D eigenvalue weighted by Crippen LogP contribution is 2.45. The largest absolute Gasteiger partial charge is 0.420 e. The highest BCUT2D eigenvalue weighted by atomic mass is 35.5. The number of hydrogen-bond donors (Lipinski definition) is 2. The monoisotopic (exact) mass is 497 g/mol. The fourth-order valence-corrected chi connectivity index (χ4v) is 6.33. The molecular formula is C21H19ClF3N5S2. The molecule has 0 amide bonds. The van der Waals surface area contributed by atoms with E-state index in [2.05, 4.69) is 25.5 Å². The van der Waals surface area contributed by atoms with Gasteiger partial charge in [0.05, 0.1) is 21.3 Å². The zero-order chi connectivity index (χ0) is 22.5. The summed E-state index contributed by atoms with van der Waals surface area (Å²) in [4.78, 5) is 11.8. The van der Waals surface area contributed by atoms with Crippen LogP contribution < -0.4 is 10.6 Å². The summed E-state index contributed by atoms with van der Waals surface area (Å²) in [6, 6.07) is 5.57. The van der Waals surface area contributed by atoms with E-state index >= 15 is 0 Å². The number of aromatic nitrogens is 2. The van der Waals surface area contributed by atoms with Crippen molar-refractivity contribution in [1.82, 2.24) is 14.9 Å². The lowest BCUT2D eigenvalue weighted by Crippen LogP contribution is -2.11. The fraction of sp³-hybridized carbons (Fsp3) is 0.333. The van der Waals surface area contributed by atoms with Gasteiger partial charge in [0.25, 0.3) is 0 Å². The van der Waals surface area contributed by atoms with E-state index in [1.807, 2.05) is 19.2 Å². The van der Waals surface area contributed by atoms with Crippen molar-refractivity contribution in [3.8, 4) is 10.6 Å². The SMILES string of the molecule is CN1Cc2cc(Cl)c(Nc3ncc(C(F)(F)F)c(-c4cc5c(s4)NCCCS5)n3)cc2C1. The number of thioether (sulfide) groups is 1. The molecule has 0 aliphatic carbocycles. The molecule has 168 valence electrons. The third-order valence-electron chi connectivity index (χ3n) is 5.31. The molecule has 0 fully saturated rings. The van der Waals surface area contributed by atoms with Crippen LogP contribution in [-0.2, 0) is 19.3 Å². The molecule has 1 aromatic carbocycles. The van der Waals surface area contributed by atoms with Crippen LogP contribution in [0.4, 0.5) is 29.8 Å². The van der Waals surface area contributed by atoms with Crippen molar-refractivity contribution in [1.29, 1.82) is 0 Å². The van der Waals surface area contributed by atoms with Crippen molar-refractivity contribution in [2.45, 2.75) is 30.6 Å². The molecular weight excluding hydrogens is 479 g/mol. The number of nitrogens with one attached hydrogen (secondary N) is 2. The molecule has 0 radical (unpaired) electrons. The van der Waals surface area contributed by atoms with E-state index in [1.54, 1.807) is 17.8 Å². The van der Waals surface area contributed by atoms with Crippen LogP contribution in [0.3, 0.4) is 0 Å². The smallest absolute Gasteiger partial charge is 0.376 e. The van der Waals surface area contributed by atoms with Gasteiger partial charge < -0.3 is 10.6 Å². The average molecular weight is 498 g/mol. The number of fused-ring (bicyclic) bond motifs is 2. The minimum absolute atomic E-state index is 0.0745. The zero-order valence-electron chi connectivity index (χ0n) is 17.0. The summed E-state index contributed by atoms with van der Waals surface area (Å²) >= 11 is 9.35. The standard InChI is InChI=1S/C21H19ClF3N5S2/c1-30-9-11-5-14(22)15(6-12(11)10-30)28-20-27-8-13(21(23,24)25)18(29-20)16-7-17-19(32-16)26-3-2-4-31-17/h5-8,26H,2-4,9-10H2,1H3,(H,27,28,29). The Balaban J connectivity index is 1.53. The van der Waals surface area contributed by atoms with Crippen LogP contribution in [0.5, 0.6) is 0 Å². The first-order chi connectivity index (χ1) is 15.3. The van der Waals surface area contributed by atoms with Gasteiger partial charge in [0, 0.05) is 30.7 Å². The number of nitrogens with zero attached hydrogens (tertiary/aromatic N) is 3. The minimum Gasteiger partial charge on any atom is -0.376 e. The number of hydrogen-bond acceptors (Lipinski definition) is 7.